The van der Waals surface area contributed by atoms with Crippen molar-refractivity contribution in [2.45, 2.75) is 17.9 Å². The molecule has 4 nitrogen and oxygen atoms in total. The fraction of sp³-hybridized carbons (Fsp3) is 0.333. The summed E-state index contributed by atoms with van der Waals surface area (Å²) in [6.45, 7) is 1.17. The molecule has 1 heterocycles. The third kappa shape index (κ3) is 1.79. The molecular weight excluding hydrogens is 202 g/mol. The Hall–Kier alpha value is -0.910. The minimum atomic E-state index is -3.59. The van der Waals surface area contributed by atoms with Gasteiger partial charge in [0, 0.05) is 0 Å². The Morgan fingerprint density at radius 2 is 2.07 bits per heavy atom. The second-order valence-electron chi connectivity index (χ2n) is 3.28. The average molecular weight is 213 g/mol. The Morgan fingerprint density at radius 1 is 1.29 bits per heavy atom. The number of fused-ring (bicyclic) bond motifs is 1. The highest BCUT2D eigenvalue weighted by molar-refractivity contribution is 7.89. The molecule has 1 aromatic carbocycles. The molecule has 1 aliphatic heterocycles. The van der Waals surface area contributed by atoms with Crippen LogP contribution >= 0.6 is 0 Å². The SMILES string of the molecule is NS(=O)(=O)c1ccc2c(c1)COCC2. The van der Waals surface area contributed by atoms with Gasteiger partial charge in [0.15, 0.2) is 0 Å². The van der Waals surface area contributed by atoms with Gasteiger partial charge in [-0.3, -0.25) is 0 Å². The highest BCUT2D eigenvalue weighted by Crippen LogP contribution is 2.19. The number of rotatable bonds is 1. The smallest absolute Gasteiger partial charge is 0.238 e. The van der Waals surface area contributed by atoms with E-state index in [9.17, 15) is 8.42 Å². The van der Waals surface area contributed by atoms with Gasteiger partial charge in [0.05, 0.1) is 18.1 Å². The molecule has 0 spiro atoms. The summed E-state index contributed by atoms with van der Waals surface area (Å²) in [4.78, 5) is 0.154. The number of hydrogen-bond donors (Lipinski definition) is 1. The monoisotopic (exact) mass is 213 g/mol. The molecule has 0 atom stereocenters. The van der Waals surface area contributed by atoms with Crippen LogP contribution in [0, 0.1) is 0 Å². The summed E-state index contributed by atoms with van der Waals surface area (Å²) in [5, 5.41) is 5.02. The van der Waals surface area contributed by atoms with Gasteiger partial charge in [-0.1, -0.05) is 6.07 Å². The molecule has 0 aromatic heterocycles. The van der Waals surface area contributed by atoms with Crippen molar-refractivity contribution in [2.24, 2.45) is 5.14 Å². The molecular formula is C9H11NO3S. The molecule has 1 aliphatic rings. The van der Waals surface area contributed by atoms with E-state index in [1.165, 1.54) is 0 Å². The molecule has 0 saturated heterocycles. The Labute approximate surface area is 82.7 Å². The molecule has 5 heteroatoms. The van der Waals surface area contributed by atoms with Crippen LogP contribution < -0.4 is 5.14 Å². The van der Waals surface area contributed by atoms with Crippen LogP contribution in [-0.2, 0) is 27.8 Å². The first kappa shape index (κ1) is 9.64. The fourth-order valence-corrected chi connectivity index (χ4v) is 2.09. The van der Waals surface area contributed by atoms with Gasteiger partial charge in [-0.05, 0) is 29.7 Å². The summed E-state index contributed by atoms with van der Waals surface area (Å²) in [6, 6.07) is 4.93. The van der Waals surface area contributed by atoms with E-state index in [4.69, 9.17) is 9.88 Å². The zero-order valence-electron chi connectivity index (χ0n) is 7.56. The van der Waals surface area contributed by atoms with E-state index in [0.29, 0.717) is 13.2 Å². The van der Waals surface area contributed by atoms with Crippen molar-refractivity contribution in [3.8, 4) is 0 Å². The molecule has 0 fully saturated rings. The number of primary sulfonamides is 1. The van der Waals surface area contributed by atoms with Crippen molar-refractivity contribution in [1.29, 1.82) is 0 Å². The van der Waals surface area contributed by atoms with Crippen molar-refractivity contribution in [1.82, 2.24) is 0 Å². The molecule has 0 saturated carbocycles. The van der Waals surface area contributed by atoms with E-state index in [0.717, 1.165) is 17.5 Å². The van der Waals surface area contributed by atoms with Crippen LogP contribution in [0.25, 0.3) is 0 Å². The molecule has 2 rings (SSSR count). The van der Waals surface area contributed by atoms with Crippen LogP contribution in [0.3, 0.4) is 0 Å². The normalized spacial score (nSPS) is 16.4. The molecule has 14 heavy (non-hydrogen) atoms. The number of nitrogens with two attached hydrogens (primary N) is 1. The third-order valence-corrected chi connectivity index (χ3v) is 3.19. The molecule has 2 N–H and O–H groups in total. The second-order valence-corrected chi connectivity index (χ2v) is 4.84. The maximum absolute atomic E-state index is 11.1. The Morgan fingerprint density at radius 3 is 2.79 bits per heavy atom. The van der Waals surface area contributed by atoms with Gasteiger partial charge < -0.3 is 4.74 Å². The predicted molar refractivity (Wildman–Crippen MR) is 51.2 cm³/mol. The van der Waals surface area contributed by atoms with Crippen molar-refractivity contribution in [2.75, 3.05) is 6.61 Å². The van der Waals surface area contributed by atoms with E-state index < -0.39 is 10.0 Å². The van der Waals surface area contributed by atoms with Crippen molar-refractivity contribution >= 4 is 10.0 Å². The van der Waals surface area contributed by atoms with Crippen molar-refractivity contribution in [3.05, 3.63) is 29.3 Å². The fourth-order valence-electron chi connectivity index (χ4n) is 1.52. The quantitative estimate of drug-likeness (QED) is 0.734. The predicted octanol–water partition coefficient (Wildman–Crippen LogP) is 0.407. The van der Waals surface area contributed by atoms with Crippen molar-refractivity contribution < 1.29 is 13.2 Å². The van der Waals surface area contributed by atoms with Gasteiger partial charge in [0.1, 0.15) is 0 Å². The third-order valence-electron chi connectivity index (χ3n) is 2.28. The van der Waals surface area contributed by atoms with Gasteiger partial charge in [-0.2, -0.15) is 0 Å². The lowest BCUT2D eigenvalue weighted by molar-refractivity contribution is 0.110. The standard InChI is InChI=1S/C9H11NO3S/c10-14(11,12)9-2-1-7-3-4-13-6-8(7)5-9/h1-2,5H,3-4,6H2,(H2,10,11,12). The van der Waals surface area contributed by atoms with Crippen LogP contribution in [0.15, 0.2) is 23.1 Å². The maximum Gasteiger partial charge on any atom is 0.238 e. The summed E-state index contributed by atoms with van der Waals surface area (Å²) < 4.78 is 27.3. The minimum Gasteiger partial charge on any atom is -0.376 e. The van der Waals surface area contributed by atoms with Gasteiger partial charge in [-0.15, -0.1) is 0 Å². The molecule has 0 bridgehead atoms. The van der Waals surface area contributed by atoms with E-state index in [1.807, 2.05) is 0 Å². The zero-order valence-corrected chi connectivity index (χ0v) is 8.38. The zero-order chi connectivity index (χ0) is 10.2. The van der Waals surface area contributed by atoms with E-state index in [-0.39, 0.29) is 4.90 Å². The van der Waals surface area contributed by atoms with Gasteiger partial charge in [0.25, 0.3) is 0 Å². The lowest BCUT2D eigenvalue weighted by Gasteiger charge is -2.16. The number of benzene rings is 1. The molecule has 0 amide bonds. The first-order valence-corrected chi connectivity index (χ1v) is 5.84. The number of hydrogen-bond acceptors (Lipinski definition) is 3. The largest absolute Gasteiger partial charge is 0.376 e. The van der Waals surface area contributed by atoms with Crippen molar-refractivity contribution in [3.63, 3.8) is 0 Å². The summed E-state index contributed by atoms with van der Waals surface area (Å²) in [7, 11) is -3.59. The summed E-state index contributed by atoms with van der Waals surface area (Å²) in [6.07, 6.45) is 0.834. The minimum absolute atomic E-state index is 0.154. The highest BCUT2D eigenvalue weighted by atomic mass is 32.2. The Balaban J connectivity index is 2.49. The summed E-state index contributed by atoms with van der Waals surface area (Å²) >= 11 is 0. The highest BCUT2D eigenvalue weighted by Gasteiger charge is 2.13. The molecule has 76 valence electrons. The van der Waals surface area contributed by atoms with Crippen LogP contribution in [0.5, 0.6) is 0 Å². The summed E-state index contributed by atoms with van der Waals surface area (Å²) in [5.41, 5.74) is 2.06. The lowest BCUT2D eigenvalue weighted by Crippen LogP contribution is -2.15. The average Bonchev–Trinajstić information content (AvgIpc) is 2.16. The van der Waals surface area contributed by atoms with Gasteiger partial charge in [-0.25, -0.2) is 13.6 Å². The van der Waals surface area contributed by atoms with E-state index in [1.54, 1.807) is 18.2 Å². The van der Waals surface area contributed by atoms with Crippen LogP contribution in [-0.4, -0.2) is 15.0 Å². The maximum atomic E-state index is 11.1. The Kier molecular flexibility index (Phi) is 2.30. The lowest BCUT2D eigenvalue weighted by atomic mass is 10.0. The van der Waals surface area contributed by atoms with Crippen LogP contribution in [0.2, 0.25) is 0 Å². The molecule has 0 aliphatic carbocycles. The number of sulfonamides is 1. The van der Waals surface area contributed by atoms with E-state index >= 15 is 0 Å². The Bertz CT molecular complexity index is 453. The van der Waals surface area contributed by atoms with Gasteiger partial charge >= 0.3 is 0 Å². The number of ether oxygens (including phenoxy) is 1. The topological polar surface area (TPSA) is 69.4 Å². The second kappa shape index (κ2) is 3.34. The first-order valence-electron chi connectivity index (χ1n) is 4.30. The first-order chi connectivity index (χ1) is 6.57. The molecule has 0 unspecified atom stereocenters. The molecule has 0 radical (unpaired) electrons. The van der Waals surface area contributed by atoms with Gasteiger partial charge in [0.2, 0.25) is 10.0 Å². The summed E-state index contributed by atoms with van der Waals surface area (Å²) in [5.74, 6) is 0. The van der Waals surface area contributed by atoms with E-state index in [2.05, 4.69) is 0 Å². The molecule has 1 aromatic rings. The van der Waals surface area contributed by atoms with Crippen LogP contribution in [0.4, 0.5) is 0 Å². The van der Waals surface area contributed by atoms with Crippen LogP contribution in [0.1, 0.15) is 11.1 Å².